The molecule has 1 heterocycles. The zero-order valence-corrected chi connectivity index (χ0v) is 16.7. The molecule has 2 aromatic carbocycles. The Morgan fingerprint density at radius 2 is 1.58 bits per heavy atom. The molecule has 3 nitrogen and oxygen atoms in total. The van der Waals surface area contributed by atoms with Crippen molar-refractivity contribution in [1.82, 2.24) is 5.16 Å². The second-order valence-corrected chi connectivity index (χ2v) is 7.29. The Bertz CT molecular complexity index is 794. The third-order valence-corrected chi connectivity index (χ3v) is 4.83. The summed E-state index contributed by atoms with van der Waals surface area (Å²) in [5.74, 6) is 1.67. The van der Waals surface area contributed by atoms with Crippen LogP contribution in [0.5, 0.6) is 5.75 Å². The highest BCUT2D eigenvalue weighted by molar-refractivity contribution is 9.10. The molecule has 0 bridgehead atoms. The summed E-state index contributed by atoms with van der Waals surface area (Å²) < 4.78 is 12.3. The van der Waals surface area contributed by atoms with E-state index >= 15 is 0 Å². The summed E-state index contributed by atoms with van der Waals surface area (Å²) in [5.41, 5.74) is 2.86. The van der Waals surface area contributed by atoms with E-state index in [1.165, 1.54) is 25.7 Å². The van der Waals surface area contributed by atoms with Gasteiger partial charge in [0, 0.05) is 21.7 Å². The number of unbranched alkanes of at least 4 members (excludes halogenated alkanes) is 4. The molecule has 0 atom stereocenters. The maximum atomic E-state index is 5.81. The van der Waals surface area contributed by atoms with Gasteiger partial charge in [-0.15, -0.1) is 0 Å². The van der Waals surface area contributed by atoms with Crippen LogP contribution in [0.1, 0.15) is 39.0 Å². The molecule has 3 rings (SSSR count). The molecule has 4 heteroatoms. The molecular formula is C22H24BrNO2. The first-order valence-corrected chi connectivity index (χ1v) is 10.0. The van der Waals surface area contributed by atoms with E-state index < -0.39 is 0 Å². The van der Waals surface area contributed by atoms with E-state index in [1.54, 1.807) is 0 Å². The Morgan fingerprint density at radius 3 is 2.31 bits per heavy atom. The standard InChI is InChI=1S/C22H24BrNO2/c1-2-3-4-5-6-15-25-20-13-9-17(10-14-20)21-16-22(26-24-21)18-7-11-19(23)12-8-18/h7-14,16H,2-6,15H2,1H3. The summed E-state index contributed by atoms with van der Waals surface area (Å²) in [6.07, 6.45) is 6.24. The fourth-order valence-corrected chi connectivity index (χ4v) is 3.04. The number of hydrogen-bond donors (Lipinski definition) is 0. The number of hydrogen-bond acceptors (Lipinski definition) is 3. The topological polar surface area (TPSA) is 35.3 Å². The van der Waals surface area contributed by atoms with Crippen LogP contribution in [0, 0.1) is 0 Å². The average molecular weight is 414 g/mol. The number of benzene rings is 2. The van der Waals surface area contributed by atoms with Crippen LogP contribution in [0.2, 0.25) is 0 Å². The minimum absolute atomic E-state index is 0.764. The summed E-state index contributed by atoms with van der Waals surface area (Å²) in [6, 6.07) is 18.0. The molecule has 0 spiro atoms. The molecule has 0 N–H and O–H groups in total. The number of aromatic nitrogens is 1. The first-order chi connectivity index (χ1) is 12.8. The summed E-state index contributed by atoms with van der Waals surface area (Å²) in [5, 5.41) is 4.19. The molecular weight excluding hydrogens is 390 g/mol. The summed E-state index contributed by atoms with van der Waals surface area (Å²) in [4.78, 5) is 0. The first kappa shape index (κ1) is 18.7. The molecule has 0 radical (unpaired) electrons. The fourth-order valence-electron chi connectivity index (χ4n) is 2.78. The van der Waals surface area contributed by atoms with Gasteiger partial charge in [-0.2, -0.15) is 0 Å². The van der Waals surface area contributed by atoms with Gasteiger partial charge in [0.2, 0.25) is 0 Å². The highest BCUT2D eigenvalue weighted by atomic mass is 79.9. The van der Waals surface area contributed by atoms with Gasteiger partial charge in [-0.05, 0) is 42.8 Å². The zero-order valence-electron chi connectivity index (χ0n) is 15.1. The van der Waals surface area contributed by atoms with Crippen LogP contribution < -0.4 is 4.74 Å². The van der Waals surface area contributed by atoms with Gasteiger partial charge in [0.15, 0.2) is 5.76 Å². The molecule has 0 saturated carbocycles. The van der Waals surface area contributed by atoms with Gasteiger partial charge in [-0.1, -0.05) is 65.8 Å². The molecule has 0 aliphatic heterocycles. The molecule has 3 aromatic rings. The molecule has 0 amide bonds. The van der Waals surface area contributed by atoms with Gasteiger partial charge in [0.25, 0.3) is 0 Å². The van der Waals surface area contributed by atoms with E-state index in [4.69, 9.17) is 9.26 Å². The van der Waals surface area contributed by atoms with Crippen molar-refractivity contribution in [2.75, 3.05) is 6.61 Å². The van der Waals surface area contributed by atoms with Crippen molar-refractivity contribution in [3.8, 4) is 28.3 Å². The molecule has 1 aromatic heterocycles. The Hall–Kier alpha value is -2.07. The maximum absolute atomic E-state index is 5.81. The predicted octanol–water partition coefficient (Wildman–Crippen LogP) is 7.12. The van der Waals surface area contributed by atoms with Crippen molar-refractivity contribution in [2.24, 2.45) is 0 Å². The van der Waals surface area contributed by atoms with E-state index in [2.05, 4.69) is 28.0 Å². The van der Waals surface area contributed by atoms with E-state index in [1.807, 2.05) is 54.6 Å². The molecule has 0 fully saturated rings. The van der Waals surface area contributed by atoms with Gasteiger partial charge >= 0.3 is 0 Å². The molecule has 0 saturated heterocycles. The molecule has 136 valence electrons. The number of halogens is 1. The quantitative estimate of drug-likeness (QED) is 0.350. The van der Waals surface area contributed by atoms with E-state index in [0.717, 1.165) is 45.8 Å². The lowest BCUT2D eigenvalue weighted by atomic mass is 10.1. The third-order valence-electron chi connectivity index (χ3n) is 4.31. The molecule has 0 aliphatic rings. The van der Waals surface area contributed by atoms with E-state index in [9.17, 15) is 0 Å². The Kier molecular flexibility index (Phi) is 6.89. The molecule has 0 aliphatic carbocycles. The third kappa shape index (κ3) is 5.21. The Labute approximate surface area is 163 Å². The average Bonchev–Trinajstić information content (AvgIpc) is 3.16. The van der Waals surface area contributed by atoms with Gasteiger partial charge in [0.05, 0.1) is 6.61 Å². The van der Waals surface area contributed by atoms with Crippen molar-refractivity contribution in [2.45, 2.75) is 39.0 Å². The highest BCUT2D eigenvalue weighted by Crippen LogP contribution is 2.28. The summed E-state index contributed by atoms with van der Waals surface area (Å²) >= 11 is 3.44. The van der Waals surface area contributed by atoms with Crippen LogP contribution in [-0.2, 0) is 0 Å². The zero-order chi connectivity index (χ0) is 18.2. The first-order valence-electron chi connectivity index (χ1n) is 9.22. The van der Waals surface area contributed by atoms with Gasteiger partial charge in [-0.3, -0.25) is 0 Å². The minimum atomic E-state index is 0.764. The largest absolute Gasteiger partial charge is 0.494 e. The number of nitrogens with zero attached hydrogens (tertiary/aromatic N) is 1. The van der Waals surface area contributed by atoms with Crippen LogP contribution >= 0.6 is 15.9 Å². The second kappa shape index (κ2) is 9.58. The van der Waals surface area contributed by atoms with Crippen LogP contribution in [0.25, 0.3) is 22.6 Å². The Balaban J connectivity index is 1.56. The molecule has 0 unspecified atom stereocenters. The summed E-state index contributed by atoms with van der Waals surface area (Å²) in [6.45, 7) is 3.01. The van der Waals surface area contributed by atoms with Crippen LogP contribution in [0.4, 0.5) is 0 Å². The van der Waals surface area contributed by atoms with Gasteiger partial charge in [0.1, 0.15) is 11.4 Å². The van der Waals surface area contributed by atoms with Crippen molar-refractivity contribution >= 4 is 15.9 Å². The molecule has 26 heavy (non-hydrogen) atoms. The van der Waals surface area contributed by atoms with Crippen LogP contribution in [-0.4, -0.2) is 11.8 Å². The number of ether oxygens (including phenoxy) is 1. The Morgan fingerprint density at radius 1 is 0.885 bits per heavy atom. The van der Waals surface area contributed by atoms with Crippen molar-refractivity contribution < 1.29 is 9.26 Å². The SMILES string of the molecule is CCCCCCCOc1ccc(-c2cc(-c3ccc(Br)cc3)on2)cc1. The normalized spacial score (nSPS) is 10.8. The van der Waals surface area contributed by atoms with Gasteiger partial charge < -0.3 is 9.26 Å². The van der Waals surface area contributed by atoms with Crippen molar-refractivity contribution in [1.29, 1.82) is 0 Å². The van der Waals surface area contributed by atoms with Crippen LogP contribution in [0.3, 0.4) is 0 Å². The second-order valence-electron chi connectivity index (χ2n) is 6.37. The monoisotopic (exact) mass is 413 g/mol. The fraction of sp³-hybridized carbons (Fsp3) is 0.318. The maximum Gasteiger partial charge on any atom is 0.167 e. The van der Waals surface area contributed by atoms with E-state index in [-0.39, 0.29) is 0 Å². The van der Waals surface area contributed by atoms with Crippen molar-refractivity contribution in [3.63, 3.8) is 0 Å². The van der Waals surface area contributed by atoms with E-state index in [0.29, 0.717) is 0 Å². The smallest absolute Gasteiger partial charge is 0.167 e. The van der Waals surface area contributed by atoms with Gasteiger partial charge in [-0.25, -0.2) is 0 Å². The lowest BCUT2D eigenvalue weighted by Crippen LogP contribution is -1.97. The summed E-state index contributed by atoms with van der Waals surface area (Å²) in [7, 11) is 0. The minimum Gasteiger partial charge on any atom is -0.494 e. The number of rotatable bonds is 9. The van der Waals surface area contributed by atoms with Crippen molar-refractivity contribution in [3.05, 3.63) is 59.1 Å². The predicted molar refractivity (Wildman–Crippen MR) is 109 cm³/mol. The highest BCUT2D eigenvalue weighted by Gasteiger charge is 2.09. The van der Waals surface area contributed by atoms with Crippen LogP contribution in [0.15, 0.2) is 63.6 Å². The lowest BCUT2D eigenvalue weighted by Gasteiger charge is -2.06. The lowest BCUT2D eigenvalue weighted by molar-refractivity contribution is 0.304.